The third kappa shape index (κ3) is 3.90. The van der Waals surface area contributed by atoms with Crippen molar-refractivity contribution in [3.05, 3.63) is 0 Å². The molecule has 0 unspecified atom stereocenters. The van der Waals surface area contributed by atoms with Crippen LogP contribution in [0.1, 0.15) is 52.9 Å². The molecule has 0 saturated heterocycles. The van der Waals surface area contributed by atoms with Crippen molar-refractivity contribution < 1.29 is 9.59 Å². The summed E-state index contributed by atoms with van der Waals surface area (Å²) in [5.41, 5.74) is 4.15. The fourth-order valence-corrected chi connectivity index (χ4v) is 1.16. The van der Waals surface area contributed by atoms with E-state index in [2.05, 4.69) is 6.92 Å². The average molecular weight is 199 g/mol. The van der Waals surface area contributed by atoms with E-state index in [9.17, 15) is 9.59 Å². The first-order chi connectivity index (χ1) is 6.42. The first-order valence-electron chi connectivity index (χ1n) is 5.26. The van der Waals surface area contributed by atoms with Crippen LogP contribution in [0, 0.1) is 5.41 Å². The van der Waals surface area contributed by atoms with Gasteiger partial charge in [0.15, 0.2) is 0 Å². The Kier molecular flexibility index (Phi) is 5.43. The molecule has 2 N–H and O–H groups in total. The molecular weight excluding hydrogens is 178 g/mol. The molecule has 0 aromatic heterocycles. The maximum atomic E-state index is 11.6. The van der Waals surface area contributed by atoms with Gasteiger partial charge >= 0.3 is 0 Å². The van der Waals surface area contributed by atoms with Crippen molar-refractivity contribution in [1.82, 2.24) is 0 Å². The van der Waals surface area contributed by atoms with Crippen LogP contribution >= 0.6 is 0 Å². The second-order valence-electron chi connectivity index (χ2n) is 4.22. The number of nitrogens with two attached hydrogens (primary N) is 1. The average Bonchev–Trinajstić information content (AvgIpc) is 2.11. The Labute approximate surface area is 86.1 Å². The van der Waals surface area contributed by atoms with Gasteiger partial charge in [0, 0.05) is 6.42 Å². The van der Waals surface area contributed by atoms with Crippen molar-refractivity contribution in [2.24, 2.45) is 11.1 Å². The van der Waals surface area contributed by atoms with E-state index in [-0.39, 0.29) is 5.78 Å². The molecule has 3 heteroatoms. The highest BCUT2D eigenvalue weighted by molar-refractivity contribution is 6.04. The van der Waals surface area contributed by atoms with E-state index in [1.54, 1.807) is 13.8 Å². The van der Waals surface area contributed by atoms with Crippen LogP contribution in [0.2, 0.25) is 0 Å². The topological polar surface area (TPSA) is 60.2 Å². The zero-order valence-corrected chi connectivity index (χ0v) is 9.43. The predicted octanol–water partition coefficient (Wildman–Crippen LogP) is 2.04. The van der Waals surface area contributed by atoms with Crippen LogP contribution in [0.3, 0.4) is 0 Å². The van der Waals surface area contributed by atoms with E-state index in [4.69, 9.17) is 5.73 Å². The molecule has 0 aliphatic rings. The molecule has 1 amide bonds. The number of unbranched alkanes of at least 4 members (excludes halogenated alkanes) is 3. The van der Waals surface area contributed by atoms with Crippen molar-refractivity contribution in [1.29, 1.82) is 0 Å². The van der Waals surface area contributed by atoms with Gasteiger partial charge in [-0.15, -0.1) is 0 Å². The normalized spacial score (nSPS) is 11.4. The summed E-state index contributed by atoms with van der Waals surface area (Å²) in [6.45, 7) is 5.31. The van der Waals surface area contributed by atoms with Gasteiger partial charge in [-0.05, 0) is 20.3 Å². The minimum atomic E-state index is -0.994. The summed E-state index contributed by atoms with van der Waals surface area (Å²) in [6, 6.07) is 0. The number of primary amides is 1. The van der Waals surface area contributed by atoms with Gasteiger partial charge in [0.05, 0.1) is 0 Å². The molecule has 0 rings (SSSR count). The van der Waals surface area contributed by atoms with Crippen LogP contribution in [0.25, 0.3) is 0 Å². The van der Waals surface area contributed by atoms with Gasteiger partial charge in [-0.3, -0.25) is 9.59 Å². The first-order valence-corrected chi connectivity index (χ1v) is 5.26. The summed E-state index contributed by atoms with van der Waals surface area (Å²) >= 11 is 0. The van der Waals surface area contributed by atoms with E-state index >= 15 is 0 Å². The predicted molar refractivity (Wildman–Crippen MR) is 56.7 cm³/mol. The first kappa shape index (κ1) is 13.1. The summed E-state index contributed by atoms with van der Waals surface area (Å²) in [4.78, 5) is 22.5. The van der Waals surface area contributed by atoms with Crippen LogP contribution in [0.5, 0.6) is 0 Å². The monoisotopic (exact) mass is 199 g/mol. The molecule has 82 valence electrons. The Morgan fingerprint density at radius 3 is 2.14 bits per heavy atom. The zero-order chi connectivity index (χ0) is 11.2. The lowest BCUT2D eigenvalue weighted by atomic mass is 9.85. The zero-order valence-electron chi connectivity index (χ0n) is 9.43. The molecule has 0 aromatic carbocycles. The molecule has 0 aromatic rings. The molecule has 14 heavy (non-hydrogen) atoms. The van der Waals surface area contributed by atoms with Crippen molar-refractivity contribution >= 4 is 11.7 Å². The molecule has 0 saturated carbocycles. The van der Waals surface area contributed by atoms with Gasteiger partial charge in [0.1, 0.15) is 11.2 Å². The third-order valence-corrected chi connectivity index (χ3v) is 2.57. The molecule has 0 aliphatic carbocycles. The number of ketones is 1. The number of hydrogen-bond donors (Lipinski definition) is 1. The second-order valence-corrected chi connectivity index (χ2v) is 4.22. The lowest BCUT2D eigenvalue weighted by Gasteiger charge is -2.18. The smallest absolute Gasteiger partial charge is 0.230 e. The largest absolute Gasteiger partial charge is 0.369 e. The van der Waals surface area contributed by atoms with E-state index in [1.165, 1.54) is 0 Å². The number of amides is 1. The molecule has 0 bridgehead atoms. The molecule has 3 nitrogen and oxygen atoms in total. The van der Waals surface area contributed by atoms with E-state index in [0.717, 1.165) is 25.7 Å². The minimum Gasteiger partial charge on any atom is -0.369 e. The van der Waals surface area contributed by atoms with Crippen LogP contribution in [0.15, 0.2) is 0 Å². The molecule has 0 heterocycles. The minimum absolute atomic E-state index is 0.0406. The van der Waals surface area contributed by atoms with Gasteiger partial charge in [0.2, 0.25) is 5.91 Å². The fourth-order valence-electron chi connectivity index (χ4n) is 1.16. The second kappa shape index (κ2) is 5.78. The van der Waals surface area contributed by atoms with Crippen molar-refractivity contribution in [2.75, 3.05) is 0 Å². The number of carbonyl (C=O) groups excluding carboxylic acids is 2. The Hall–Kier alpha value is -0.860. The fraction of sp³-hybridized carbons (Fsp3) is 0.818. The number of hydrogen-bond acceptors (Lipinski definition) is 2. The molecule has 0 atom stereocenters. The Bertz CT molecular complexity index is 209. The summed E-state index contributed by atoms with van der Waals surface area (Å²) in [5.74, 6) is -0.570. The van der Waals surface area contributed by atoms with Crippen LogP contribution in [-0.2, 0) is 9.59 Å². The van der Waals surface area contributed by atoms with Crippen molar-refractivity contribution in [3.8, 4) is 0 Å². The molecular formula is C11H21NO2. The Morgan fingerprint density at radius 2 is 1.71 bits per heavy atom. The van der Waals surface area contributed by atoms with Gasteiger partial charge < -0.3 is 5.73 Å². The molecule has 0 fully saturated rings. The summed E-state index contributed by atoms with van der Waals surface area (Å²) in [5, 5.41) is 0. The standard InChI is InChI=1S/C11H21NO2/c1-4-5-6-7-8-9(13)11(2,3)10(12)14/h4-8H2,1-3H3,(H2,12,14). The van der Waals surface area contributed by atoms with Gasteiger partial charge in [-0.25, -0.2) is 0 Å². The summed E-state index contributed by atoms with van der Waals surface area (Å²) < 4.78 is 0. The maximum absolute atomic E-state index is 11.6. The number of carbonyl (C=O) groups is 2. The van der Waals surface area contributed by atoms with E-state index in [1.807, 2.05) is 0 Å². The lowest BCUT2D eigenvalue weighted by molar-refractivity contribution is -0.138. The third-order valence-electron chi connectivity index (χ3n) is 2.57. The maximum Gasteiger partial charge on any atom is 0.230 e. The van der Waals surface area contributed by atoms with E-state index < -0.39 is 11.3 Å². The van der Waals surface area contributed by atoms with Crippen LogP contribution in [-0.4, -0.2) is 11.7 Å². The summed E-state index contributed by atoms with van der Waals surface area (Å²) in [6.07, 6.45) is 4.67. The highest BCUT2D eigenvalue weighted by atomic mass is 16.2. The summed E-state index contributed by atoms with van der Waals surface area (Å²) in [7, 11) is 0. The van der Waals surface area contributed by atoms with Gasteiger partial charge in [-0.2, -0.15) is 0 Å². The van der Waals surface area contributed by atoms with Gasteiger partial charge in [0.25, 0.3) is 0 Å². The van der Waals surface area contributed by atoms with Crippen molar-refractivity contribution in [2.45, 2.75) is 52.9 Å². The van der Waals surface area contributed by atoms with Crippen molar-refractivity contribution in [3.63, 3.8) is 0 Å². The highest BCUT2D eigenvalue weighted by Crippen LogP contribution is 2.19. The van der Waals surface area contributed by atoms with E-state index in [0.29, 0.717) is 6.42 Å². The Balaban J connectivity index is 3.90. The quantitative estimate of drug-likeness (QED) is 0.504. The molecule has 0 aliphatic heterocycles. The highest BCUT2D eigenvalue weighted by Gasteiger charge is 2.32. The van der Waals surface area contributed by atoms with Crippen LogP contribution < -0.4 is 5.73 Å². The Morgan fingerprint density at radius 1 is 1.14 bits per heavy atom. The molecule has 0 radical (unpaired) electrons. The number of rotatable bonds is 7. The molecule has 0 spiro atoms. The number of Topliss-reactive ketones (excluding diaryl/α,β-unsaturated/α-hetero) is 1. The van der Waals surface area contributed by atoms with Crippen LogP contribution in [0.4, 0.5) is 0 Å². The van der Waals surface area contributed by atoms with Gasteiger partial charge in [-0.1, -0.05) is 26.2 Å². The SMILES string of the molecule is CCCCCCC(=O)C(C)(C)C(N)=O. The lowest BCUT2D eigenvalue weighted by Crippen LogP contribution is -2.38.